The molecule has 0 aromatic carbocycles. The molecule has 1 saturated carbocycles. The van der Waals surface area contributed by atoms with Gasteiger partial charge in [0.15, 0.2) is 0 Å². The molecule has 0 radical (unpaired) electrons. The second kappa shape index (κ2) is 3.75. The third-order valence-corrected chi connectivity index (χ3v) is 2.21. The first-order chi connectivity index (χ1) is 6.79. The molecule has 0 saturated heterocycles. The number of aromatic nitrogens is 1. The van der Waals surface area contributed by atoms with E-state index in [1.165, 1.54) is 0 Å². The van der Waals surface area contributed by atoms with Crippen LogP contribution in [0.15, 0.2) is 18.3 Å². The monoisotopic (exact) mass is 192 g/mol. The highest BCUT2D eigenvalue weighted by Crippen LogP contribution is 2.29. The van der Waals surface area contributed by atoms with Crippen LogP contribution < -0.4 is 5.32 Å². The predicted molar refractivity (Wildman–Crippen MR) is 51.5 cm³/mol. The van der Waals surface area contributed by atoms with E-state index in [0.29, 0.717) is 5.82 Å². The zero-order valence-electron chi connectivity index (χ0n) is 7.73. The van der Waals surface area contributed by atoms with E-state index < -0.39 is 0 Å². The smallest absolute Gasteiger partial charge is 0.228 e. The van der Waals surface area contributed by atoms with Gasteiger partial charge in [-0.05, 0) is 30.5 Å². The fourth-order valence-corrected chi connectivity index (χ4v) is 1.21. The maximum absolute atomic E-state index is 11.4. The summed E-state index contributed by atoms with van der Waals surface area (Å²) in [7, 11) is 0. The topological polar surface area (TPSA) is 62.2 Å². The average Bonchev–Trinajstić information content (AvgIpc) is 3.01. The van der Waals surface area contributed by atoms with Gasteiger partial charge in [0.1, 0.15) is 5.82 Å². The Morgan fingerprint density at radius 1 is 1.64 bits per heavy atom. The van der Waals surface area contributed by atoms with Crippen molar-refractivity contribution >= 4 is 11.7 Å². The van der Waals surface area contributed by atoms with Crippen molar-refractivity contribution < 1.29 is 9.90 Å². The Kier molecular flexibility index (Phi) is 2.45. The van der Waals surface area contributed by atoms with Crippen LogP contribution in [0.3, 0.4) is 0 Å². The molecular formula is C10H12N2O2. The van der Waals surface area contributed by atoms with Crippen molar-refractivity contribution in [2.45, 2.75) is 19.4 Å². The first-order valence-corrected chi connectivity index (χ1v) is 4.66. The summed E-state index contributed by atoms with van der Waals surface area (Å²) in [6, 6.07) is 3.40. The Bertz CT molecular complexity index is 348. The Balaban J connectivity index is 2.04. The minimum absolute atomic E-state index is 0.0329. The quantitative estimate of drug-likeness (QED) is 0.748. The van der Waals surface area contributed by atoms with Crippen LogP contribution in [0.1, 0.15) is 18.4 Å². The number of hydrogen-bond acceptors (Lipinski definition) is 3. The highest BCUT2D eigenvalue weighted by atomic mass is 16.3. The number of rotatable bonds is 3. The largest absolute Gasteiger partial charge is 0.392 e. The van der Waals surface area contributed by atoms with Crippen molar-refractivity contribution in [3.8, 4) is 0 Å². The van der Waals surface area contributed by atoms with Crippen LogP contribution in [-0.4, -0.2) is 16.0 Å². The molecule has 14 heavy (non-hydrogen) atoms. The van der Waals surface area contributed by atoms with Gasteiger partial charge >= 0.3 is 0 Å². The molecule has 4 heteroatoms. The molecular weight excluding hydrogens is 180 g/mol. The van der Waals surface area contributed by atoms with E-state index in [-0.39, 0.29) is 18.4 Å². The fourth-order valence-electron chi connectivity index (χ4n) is 1.21. The van der Waals surface area contributed by atoms with Crippen LogP contribution in [0.25, 0.3) is 0 Å². The molecule has 1 aliphatic carbocycles. The number of carbonyl (C=O) groups excluding carboxylic acids is 1. The van der Waals surface area contributed by atoms with Crippen molar-refractivity contribution in [3.63, 3.8) is 0 Å². The standard InChI is InChI=1S/C10H12N2O2/c13-6-7-3-4-11-9(5-7)12-10(14)8-1-2-8/h3-5,8,13H,1-2,6H2,(H,11,12,14). The minimum Gasteiger partial charge on any atom is -0.392 e. The van der Waals surface area contributed by atoms with E-state index in [1.807, 2.05) is 0 Å². The van der Waals surface area contributed by atoms with Gasteiger partial charge in [-0.25, -0.2) is 4.98 Å². The van der Waals surface area contributed by atoms with E-state index in [9.17, 15) is 4.79 Å². The molecule has 0 atom stereocenters. The number of nitrogens with one attached hydrogen (secondary N) is 1. The number of aliphatic hydroxyl groups is 1. The summed E-state index contributed by atoms with van der Waals surface area (Å²) in [5.41, 5.74) is 0.756. The molecule has 1 fully saturated rings. The molecule has 0 unspecified atom stereocenters. The second-order valence-corrected chi connectivity index (χ2v) is 3.47. The van der Waals surface area contributed by atoms with Crippen LogP contribution in [-0.2, 0) is 11.4 Å². The van der Waals surface area contributed by atoms with Crippen molar-refractivity contribution in [2.75, 3.05) is 5.32 Å². The summed E-state index contributed by atoms with van der Waals surface area (Å²) in [5.74, 6) is 0.732. The highest BCUT2D eigenvalue weighted by molar-refractivity contribution is 5.93. The van der Waals surface area contributed by atoms with Gasteiger partial charge in [0.05, 0.1) is 6.61 Å². The third kappa shape index (κ3) is 2.09. The van der Waals surface area contributed by atoms with Crippen LogP contribution >= 0.6 is 0 Å². The Labute approximate surface area is 82.0 Å². The first-order valence-electron chi connectivity index (χ1n) is 4.66. The van der Waals surface area contributed by atoms with Crippen LogP contribution in [0.4, 0.5) is 5.82 Å². The van der Waals surface area contributed by atoms with Crippen LogP contribution in [0, 0.1) is 5.92 Å². The predicted octanol–water partition coefficient (Wildman–Crippen LogP) is 0.922. The summed E-state index contributed by atoms with van der Waals surface area (Å²) in [4.78, 5) is 15.4. The van der Waals surface area contributed by atoms with Gasteiger partial charge in [-0.15, -0.1) is 0 Å². The molecule has 2 rings (SSSR count). The van der Waals surface area contributed by atoms with Crippen LogP contribution in [0.2, 0.25) is 0 Å². The zero-order valence-corrected chi connectivity index (χ0v) is 7.73. The number of carbonyl (C=O) groups is 1. The molecule has 2 N–H and O–H groups in total. The lowest BCUT2D eigenvalue weighted by atomic mass is 10.3. The third-order valence-electron chi connectivity index (χ3n) is 2.21. The number of nitrogens with zero attached hydrogens (tertiary/aromatic N) is 1. The summed E-state index contributed by atoms with van der Waals surface area (Å²) in [6.07, 6.45) is 3.53. The SMILES string of the molecule is O=C(Nc1cc(CO)ccn1)C1CC1. The van der Waals surface area contributed by atoms with Crippen molar-refractivity contribution in [1.29, 1.82) is 0 Å². The summed E-state index contributed by atoms with van der Waals surface area (Å²) in [5, 5.41) is 11.6. The van der Waals surface area contributed by atoms with Gasteiger partial charge in [-0.2, -0.15) is 0 Å². The van der Waals surface area contributed by atoms with Crippen molar-refractivity contribution in [1.82, 2.24) is 4.98 Å². The van der Waals surface area contributed by atoms with E-state index in [0.717, 1.165) is 18.4 Å². The van der Waals surface area contributed by atoms with Gasteiger partial charge in [0.2, 0.25) is 5.91 Å². The number of hydrogen-bond donors (Lipinski definition) is 2. The Hall–Kier alpha value is -1.42. The number of aliphatic hydroxyl groups excluding tert-OH is 1. The molecule has 0 aliphatic heterocycles. The Morgan fingerprint density at radius 2 is 2.43 bits per heavy atom. The first kappa shape index (κ1) is 9.15. The average molecular weight is 192 g/mol. The van der Waals surface area contributed by atoms with Crippen molar-refractivity contribution in [3.05, 3.63) is 23.9 Å². The lowest BCUT2D eigenvalue weighted by Crippen LogP contribution is -2.14. The zero-order chi connectivity index (χ0) is 9.97. The maximum atomic E-state index is 11.4. The minimum atomic E-state index is -0.0329. The van der Waals surface area contributed by atoms with Gasteiger partial charge in [-0.1, -0.05) is 0 Å². The second-order valence-electron chi connectivity index (χ2n) is 3.47. The summed E-state index contributed by atoms with van der Waals surface area (Å²) in [6.45, 7) is -0.0329. The van der Waals surface area contributed by atoms with Gasteiger partial charge in [-0.3, -0.25) is 4.79 Å². The maximum Gasteiger partial charge on any atom is 0.228 e. The number of anilines is 1. The molecule has 1 aromatic rings. The molecule has 0 bridgehead atoms. The van der Waals surface area contributed by atoms with Gasteiger partial charge in [0, 0.05) is 12.1 Å². The van der Waals surface area contributed by atoms with E-state index in [1.54, 1.807) is 18.3 Å². The van der Waals surface area contributed by atoms with Gasteiger partial charge in [0.25, 0.3) is 0 Å². The van der Waals surface area contributed by atoms with E-state index >= 15 is 0 Å². The molecule has 4 nitrogen and oxygen atoms in total. The molecule has 74 valence electrons. The van der Waals surface area contributed by atoms with E-state index in [2.05, 4.69) is 10.3 Å². The summed E-state index contributed by atoms with van der Waals surface area (Å²) >= 11 is 0. The molecule has 0 spiro atoms. The van der Waals surface area contributed by atoms with Crippen LogP contribution in [0.5, 0.6) is 0 Å². The summed E-state index contributed by atoms with van der Waals surface area (Å²) < 4.78 is 0. The number of pyridine rings is 1. The lowest BCUT2D eigenvalue weighted by Gasteiger charge is -2.03. The Morgan fingerprint density at radius 3 is 3.07 bits per heavy atom. The highest BCUT2D eigenvalue weighted by Gasteiger charge is 2.29. The fraction of sp³-hybridized carbons (Fsp3) is 0.400. The molecule has 1 heterocycles. The lowest BCUT2D eigenvalue weighted by molar-refractivity contribution is -0.117. The van der Waals surface area contributed by atoms with Gasteiger partial charge < -0.3 is 10.4 Å². The molecule has 1 amide bonds. The van der Waals surface area contributed by atoms with E-state index in [4.69, 9.17) is 5.11 Å². The molecule has 1 aliphatic rings. The normalized spacial score (nSPS) is 15.2. The van der Waals surface area contributed by atoms with Crippen molar-refractivity contribution in [2.24, 2.45) is 5.92 Å². The number of amides is 1. The molecule has 1 aromatic heterocycles.